The number of nitrogens with zero attached hydrogens (tertiary/aromatic N) is 1. The number of fused-ring (bicyclic) bond motifs is 4. The summed E-state index contributed by atoms with van der Waals surface area (Å²) in [5.74, 6) is 2.05. The highest BCUT2D eigenvalue weighted by molar-refractivity contribution is 5.79. The van der Waals surface area contributed by atoms with Crippen LogP contribution in [0.15, 0.2) is 4.99 Å². The van der Waals surface area contributed by atoms with E-state index in [0.29, 0.717) is 30.3 Å². The average Bonchev–Trinajstić information content (AvgIpc) is 3.19. The summed E-state index contributed by atoms with van der Waals surface area (Å²) in [6, 6.07) is 0. The molecule has 0 aromatic rings. The number of rotatable bonds is 4. The van der Waals surface area contributed by atoms with Gasteiger partial charge in [-0.2, -0.15) is 0 Å². The van der Waals surface area contributed by atoms with Crippen LogP contribution in [0.2, 0.25) is 0 Å². The van der Waals surface area contributed by atoms with Gasteiger partial charge in [-0.25, -0.2) is 4.99 Å². The van der Waals surface area contributed by atoms with Gasteiger partial charge < -0.3 is 24.4 Å². The van der Waals surface area contributed by atoms with Crippen LogP contribution in [0.4, 0.5) is 0 Å². The van der Waals surface area contributed by atoms with Crippen LogP contribution < -0.4 is 5.32 Å². The lowest BCUT2D eigenvalue weighted by Crippen LogP contribution is -2.60. The first-order valence-electron chi connectivity index (χ1n) is 17.2. The molecule has 0 amide bonds. The summed E-state index contributed by atoms with van der Waals surface area (Å²) in [5, 5.41) is 26.7. The predicted molar refractivity (Wildman–Crippen MR) is 163 cm³/mol. The number of nitrogens with one attached hydrogen (secondary N) is 1. The highest BCUT2D eigenvalue weighted by atomic mass is 16.6. The van der Waals surface area contributed by atoms with Gasteiger partial charge in [-0.3, -0.25) is 10.1 Å². The SMILES string of the molecule is CC(=O)O[C@@H](C1C[C@@H](C)C2C(O1)[C@H](O)[C@@]1(C)[C@@H]3CC[C@H]4C(C)(C)C(OC5=NCNC5)CC[C@@]45CC35CC[C@]21C)C(C)(C)O. The topological polar surface area (TPSA) is 110 Å². The standard InChI is InChI=1S/C35H56N2O6/c1-19-15-21(29(31(5,6)40)41-20(2)38)42-27-26(19)32(7)13-14-35-17-34(35)12-11-24(43-25-16-36-18-37-25)30(3,4)22(34)9-10-23(35)33(32,8)28(27)39/h19,21-24,26-29,36,39-40H,9-18H2,1-8H3/t19-,21?,22+,23+,24?,26?,27?,28+,29+,32-,33-,34-,35?/m1/s1. The van der Waals surface area contributed by atoms with Crippen molar-refractivity contribution in [2.75, 3.05) is 13.2 Å². The zero-order chi connectivity index (χ0) is 31.0. The number of esters is 1. The van der Waals surface area contributed by atoms with Crippen LogP contribution in [-0.4, -0.2) is 71.4 Å². The second-order valence-corrected chi connectivity index (χ2v) is 17.5. The molecule has 8 nitrogen and oxygen atoms in total. The maximum atomic E-state index is 12.5. The van der Waals surface area contributed by atoms with Crippen molar-refractivity contribution < 1.29 is 29.2 Å². The molecule has 5 aliphatic carbocycles. The van der Waals surface area contributed by atoms with Crippen molar-refractivity contribution in [3.63, 3.8) is 0 Å². The maximum absolute atomic E-state index is 12.5. The van der Waals surface area contributed by atoms with E-state index in [4.69, 9.17) is 14.2 Å². The summed E-state index contributed by atoms with van der Waals surface area (Å²) < 4.78 is 19.1. The summed E-state index contributed by atoms with van der Waals surface area (Å²) in [7, 11) is 0. The molecule has 3 N–H and O–H groups in total. The molecule has 6 fully saturated rings. The molecule has 2 aliphatic heterocycles. The van der Waals surface area contributed by atoms with E-state index in [0.717, 1.165) is 31.7 Å². The Labute approximate surface area is 258 Å². The molecule has 0 bridgehead atoms. The van der Waals surface area contributed by atoms with Gasteiger partial charge in [0, 0.05) is 17.8 Å². The molecule has 242 valence electrons. The quantitative estimate of drug-likeness (QED) is 0.396. The fourth-order valence-electron chi connectivity index (χ4n) is 13.2. The van der Waals surface area contributed by atoms with Gasteiger partial charge in [0.05, 0.1) is 37.1 Å². The first-order chi connectivity index (χ1) is 20.0. The minimum atomic E-state index is -1.24. The van der Waals surface area contributed by atoms with Crippen LogP contribution in [0.3, 0.4) is 0 Å². The molecule has 43 heavy (non-hydrogen) atoms. The molecule has 2 heterocycles. The van der Waals surface area contributed by atoms with Crippen molar-refractivity contribution in [2.45, 2.75) is 143 Å². The molecule has 0 aromatic carbocycles. The predicted octanol–water partition coefficient (Wildman–Crippen LogP) is 4.85. The van der Waals surface area contributed by atoms with E-state index in [1.54, 1.807) is 13.8 Å². The highest BCUT2D eigenvalue weighted by Crippen LogP contribution is 2.89. The molecule has 1 saturated heterocycles. The van der Waals surface area contributed by atoms with Crippen molar-refractivity contribution in [3.8, 4) is 0 Å². The van der Waals surface area contributed by atoms with E-state index in [1.807, 2.05) is 0 Å². The molecule has 0 aromatic heterocycles. The molecule has 5 saturated carbocycles. The Kier molecular flexibility index (Phi) is 6.67. The number of hydrogen-bond acceptors (Lipinski definition) is 8. The lowest BCUT2D eigenvalue weighted by atomic mass is 9.41. The Morgan fingerprint density at radius 3 is 2.44 bits per heavy atom. The van der Waals surface area contributed by atoms with Crippen molar-refractivity contribution in [2.24, 2.45) is 55.7 Å². The number of aliphatic imine (C=N–C) groups is 1. The third-order valence-corrected chi connectivity index (χ3v) is 15.0. The number of carbonyl (C=O) groups is 1. The van der Waals surface area contributed by atoms with E-state index in [1.165, 1.54) is 32.6 Å². The fourth-order valence-corrected chi connectivity index (χ4v) is 13.2. The smallest absolute Gasteiger partial charge is 0.303 e. The van der Waals surface area contributed by atoms with Crippen molar-refractivity contribution in [1.82, 2.24) is 5.32 Å². The van der Waals surface area contributed by atoms with Gasteiger partial charge in [0.15, 0.2) is 12.0 Å². The van der Waals surface area contributed by atoms with Gasteiger partial charge in [-0.1, -0.05) is 34.6 Å². The average molecular weight is 601 g/mol. The van der Waals surface area contributed by atoms with Gasteiger partial charge in [0.2, 0.25) is 0 Å². The zero-order valence-electron chi connectivity index (χ0n) is 27.7. The maximum Gasteiger partial charge on any atom is 0.303 e. The van der Waals surface area contributed by atoms with Crippen LogP contribution in [0.5, 0.6) is 0 Å². The number of carbonyl (C=O) groups excluding carboxylic acids is 1. The molecule has 2 spiro atoms. The van der Waals surface area contributed by atoms with E-state index in [2.05, 4.69) is 44.9 Å². The van der Waals surface area contributed by atoms with E-state index < -0.39 is 29.9 Å². The molecule has 13 atom stereocenters. The van der Waals surface area contributed by atoms with Crippen LogP contribution >= 0.6 is 0 Å². The fraction of sp³-hybridized carbons (Fsp3) is 0.943. The normalized spacial score (nSPS) is 52.0. The lowest BCUT2D eigenvalue weighted by molar-refractivity contribution is -0.216. The third-order valence-electron chi connectivity index (χ3n) is 15.0. The molecular formula is C35H56N2O6. The van der Waals surface area contributed by atoms with Crippen LogP contribution in [0, 0.1) is 50.7 Å². The van der Waals surface area contributed by atoms with Crippen LogP contribution in [-0.2, 0) is 19.0 Å². The summed E-state index contributed by atoms with van der Waals surface area (Å²) >= 11 is 0. The Bertz CT molecular complexity index is 1200. The molecule has 5 unspecified atom stereocenters. The van der Waals surface area contributed by atoms with Crippen LogP contribution in [0.25, 0.3) is 0 Å². The molecule has 8 heteroatoms. The summed E-state index contributed by atoms with van der Waals surface area (Å²) in [6.45, 7) is 18.2. The van der Waals surface area contributed by atoms with Gasteiger partial charge >= 0.3 is 5.97 Å². The number of aliphatic hydroxyl groups is 2. The minimum absolute atomic E-state index is 0.0386. The van der Waals surface area contributed by atoms with Gasteiger partial charge in [-0.05, 0) is 105 Å². The molecule has 7 aliphatic rings. The van der Waals surface area contributed by atoms with Gasteiger partial charge in [0.1, 0.15) is 6.10 Å². The monoisotopic (exact) mass is 600 g/mol. The Hall–Kier alpha value is -1.22. The minimum Gasteiger partial charge on any atom is -0.476 e. The molecular weight excluding hydrogens is 544 g/mol. The zero-order valence-corrected chi connectivity index (χ0v) is 27.7. The lowest BCUT2D eigenvalue weighted by Gasteiger charge is -2.63. The first kappa shape index (κ1) is 30.4. The first-order valence-corrected chi connectivity index (χ1v) is 17.2. The summed E-state index contributed by atoms with van der Waals surface area (Å²) in [4.78, 5) is 16.6. The summed E-state index contributed by atoms with van der Waals surface area (Å²) in [5.41, 5.74) is -0.845. The van der Waals surface area contributed by atoms with Crippen LogP contribution in [0.1, 0.15) is 107 Å². The molecule has 0 radical (unpaired) electrons. The molecule has 7 rings (SSSR count). The Morgan fingerprint density at radius 2 is 1.79 bits per heavy atom. The van der Waals surface area contributed by atoms with Crippen molar-refractivity contribution in [1.29, 1.82) is 0 Å². The largest absolute Gasteiger partial charge is 0.476 e. The Morgan fingerprint density at radius 1 is 1.09 bits per heavy atom. The van der Waals surface area contributed by atoms with Gasteiger partial charge in [-0.15, -0.1) is 0 Å². The van der Waals surface area contributed by atoms with E-state index in [-0.39, 0.29) is 45.7 Å². The second kappa shape index (κ2) is 9.42. The number of aliphatic hydroxyl groups excluding tert-OH is 1. The van der Waals surface area contributed by atoms with E-state index in [9.17, 15) is 15.0 Å². The highest BCUT2D eigenvalue weighted by Gasteiger charge is 2.84. The Balaban J connectivity index is 1.18. The third kappa shape index (κ3) is 3.88. The van der Waals surface area contributed by atoms with Crippen molar-refractivity contribution in [3.05, 3.63) is 0 Å². The van der Waals surface area contributed by atoms with E-state index >= 15 is 0 Å². The number of hydrogen-bond donors (Lipinski definition) is 3. The number of ether oxygens (including phenoxy) is 3. The summed E-state index contributed by atoms with van der Waals surface area (Å²) in [6.07, 6.45) is 7.03. The second-order valence-electron chi connectivity index (χ2n) is 17.5. The van der Waals surface area contributed by atoms with Gasteiger partial charge in [0.25, 0.3) is 0 Å². The van der Waals surface area contributed by atoms with Crippen molar-refractivity contribution >= 4 is 11.9 Å².